The van der Waals surface area contributed by atoms with Crippen LogP contribution in [0.2, 0.25) is 0 Å². The first-order valence-corrected chi connectivity index (χ1v) is 5.23. The van der Waals surface area contributed by atoms with Crippen LogP contribution in [0.1, 0.15) is 29.3 Å². The molecule has 0 amide bonds. The molecule has 0 radical (unpaired) electrons. The molecule has 0 aliphatic heterocycles. The van der Waals surface area contributed by atoms with E-state index in [2.05, 4.69) is 10.3 Å². The Balaban J connectivity index is 2.80. The molecule has 0 fully saturated rings. The number of rotatable bonds is 3. The molecule has 6 heteroatoms. The SMILES string of the molecule is CNC(C)c1nc(C(=O)O)c2c(N)cccn12. The second-order valence-electron chi connectivity index (χ2n) is 3.82. The van der Waals surface area contributed by atoms with Crippen molar-refractivity contribution in [3.63, 3.8) is 0 Å². The lowest BCUT2D eigenvalue weighted by Crippen LogP contribution is -2.15. The fraction of sp³-hybridized carbons (Fsp3) is 0.273. The lowest BCUT2D eigenvalue weighted by atomic mass is 10.3. The maximum Gasteiger partial charge on any atom is 0.356 e. The molecule has 0 saturated carbocycles. The van der Waals surface area contributed by atoms with Crippen molar-refractivity contribution in [1.29, 1.82) is 0 Å². The van der Waals surface area contributed by atoms with Crippen LogP contribution in [-0.4, -0.2) is 27.5 Å². The van der Waals surface area contributed by atoms with Gasteiger partial charge in [0.25, 0.3) is 0 Å². The van der Waals surface area contributed by atoms with Gasteiger partial charge in [-0.2, -0.15) is 0 Å². The Morgan fingerprint density at radius 1 is 1.65 bits per heavy atom. The molecule has 0 aromatic carbocycles. The minimum Gasteiger partial charge on any atom is -0.476 e. The summed E-state index contributed by atoms with van der Waals surface area (Å²) >= 11 is 0. The molecular weight excluding hydrogens is 220 g/mol. The van der Waals surface area contributed by atoms with Crippen LogP contribution in [0.4, 0.5) is 5.69 Å². The second-order valence-corrected chi connectivity index (χ2v) is 3.82. The number of nitrogens with one attached hydrogen (secondary N) is 1. The summed E-state index contributed by atoms with van der Waals surface area (Å²) in [4.78, 5) is 15.3. The maximum absolute atomic E-state index is 11.1. The fourth-order valence-electron chi connectivity index (χ4n) is 1.77. The number of hydrogen-bond donors (Lipinski definition) is 3. The second kappa shape index (κ2) is 4.06. The van der Waals surface area contributed by atoms with Gasteiger partial charge in [-0.05, 0) is 26.1 Å². The van der Waals surface area contributed by atoms with Gasteiger partial charge in [-0.15, -0.1) is 0 Å². The summed E-state index contributed by atoms with van der Waals surface area (Å²) in [5.41, 5.74) is 6.64. The Kier molecular flexibility index (Phi) is 2.72. The van der Waals surface area contributed by atoms with Gasteiger partial charge in [-0.1, -0.05) is 0 Å². The molecule has 1 atom stereocenters. The van der Waals surface area contributed by atoms with Crippen molar-refractivity contribution in [2.24, 2.45) is 0 Å². The molecule has 90 valence electrons. The van der Waals surface area contributed by atoms with E-state index < -0.39 is 5.97 Å². The van der Waals surface area contributed by atoms with E-state index in [0.717, 1.165) is 0 Å². The highest BCUT2D eigenvalue weighted by Gasteiger charge is 2.20. The van der Waals surface area contributed by atoms with Gasteiger partial charge in [-0.3, -0.25) is 4.40 Å². The van der Waals surface area contributed by atoms with E-state index in [-0.39, 0.29) is 11.7 Å². The smallest absolute Gasteiger partial charge is 0.356 e. The van der Waals surface area contributed by atoms with Gasteiger partial charge in [0.1, 0.15) is 11.3 Å². The number of aromatic carboxylic acids is 1. The Bertz CT molecular complexity index is 576. The average molecular weight is 234 g/mol. The molecule has 0 bridgehead atoms. The Labute approximate surface area is 98.1 Å². The third-order valence-corrected chi connectivity index (χ3v) is 2.75. The third-order valence-electron chi connectivity index (χ3n) is 2.75. The predicted molar refractivity (Wildman–Crippen MR) is 64.0 cm³/mol. The molecule has 17 heavy (non-hydrogen) atoms. The molecular formula is C11H14N4O2. The number of carboxylic acid groups (broad SMARTS) is 1. The van der Waals surface area contributed by atoms with Crippen LogP contribution in [0, 0.1) is 0 Å². The normalized spacial score (nSPS) is 12.8. The first kappa shape index (κ1) is 11.4. The number of aromatic nitrogens is 2. The summed E-state index contributed by atoms with van der Waals surface area (Å²) < 4.78 is 1.71. The van der Waals surface area contributed by atoms with Crippen LogP contribution in [0.5, 0.6) is 0 Å². The Morgan fingerprint density at radius 2 is 2.35 bits per heavy atom. The molecule has 2 heterocycles. The van der Waals surface area contributed by atoms with Crippen molar-refractivity contribution >= 4 is 17.2 Å². The summed E-state index contributed by atoms with van der Waals surface area (Å²) in [5.74, 6) is -0.442. The molecule has 0 saturated heterocycles. The highest BCUT2D eigenvalue weighted by atomic mass is 16.4. The molecule has 2 aromatic heterocycles. The van der Waals surface area contributed by atoms with Gasteiger partial charge in [0.15, 0.2) is 5.69 Å². The molecule has 0 aliphatic rings. The largest absolute Gasteiger partial charge is 0.476 e. The molecule has 0 spiro atoms. The van der Waals surface area contributed by atoms with Gasteiger partial charge in [0.2, 0.25) is 0 Å². The number of carbonyl (C=O) groups is 1. The van der Waals surface area contributed by atoms with Crippen LogP contribution in [0.3, 0.4) is 0 Å². The van der Waals surface area contributed by atoms with Gasteiger partial charge in [0, 0.05) is 6.20 Å². The third kappa shape index (κ3) is 1.72. The highest BCUT2D eigenvalue weighted by Crippen LogP contribution is 2.22. The van der Waals surface area contributed by atoms with Crippen LogP contribution < -0.4 is 11.1 Å². The molecule has 0 aliphatic carbocycles. The van der Waals surface area contributed by atoms with E-state index >= 15 is 0 Å². The van der Waals surface area contributed by atoms with E-state index in [4.69, 9.17) is 10.8 Å². The van der Waals surface area contributed by atoms with Gasteiger partial charge in [-0.25, -0.2) is 9.78 Å². The summed E-state index contributed by atoms with van der Waals surface area (Å²) in [6.45, 7) is 1.91. The molecule has 2 rings (SSSR count). The van der Waals surface area contributed by atoms with Gasteiger partial charge >= 0.3 is 5.97 Å². The number of fused-ring (bicyclic) bond motifs is 1. The minimum absolute atomic E-state index is 0.0137. The number of nitrogens with zero attached hydrogens (tertiary/aromatic N) is 2. The summed E-state index contributed by atoms with van der Waals surface area (Å²) in [5, 5.41) is 12.2. The first-order valence-electron chi connectivity index (χ1n) is 5.23. The van der Waals surface area contributed by atoms with Gasteiger partial charge in [0.05, 0.1) is 11.7 Å². The van der Waals surface area contributed by atoms with E-state index in [1.807, 2.05) is 6.92 Å². The fourth-order valence-corrected chi connectivity index (χ4v) is 1.77. The number of nitrogen functional groups attached to an aromatic ring is 1. The van der Waals surface area contributed by atoms with E-state index in [0.29, 0.717) is 17.0 Å². The van der Waals surface area contributed by atoms with Crippen LogP contribution in [0.25, 0.3) is 5.52 Å². The Morgan fingerprint density at radius 3 is 2.94 bits per heavy atom. The summed E-state index contributed by atoms with van der Waals surface area (Å²) in [6.07, 6.45) is 1.76. The number of imidazole rings is 1. The quantitative estimate of drug-likeness (QED) is 0.733. The van der Waals surface area contributed by atoms with Crippen LogP contribution >= 0.6 is 0 Å². The number of nitrogens with two attached hydrogens (primary N) is 1. The zero-order valence-electron chi connectivity index (χ0n) is 9.64. The van der Waals surface area contributed by atoms with Crippen molar-refractivity contribution in [3.8, 4) is 0 Å². The highest BCUT2D eigenvalue weighted by molar-refractivity contribution is 5.97. The monoisotopic (exact) mass is 234 g/mol. The van der Waals surface area contributed by atoms with Crippen molar-refractivity contribution in [1.82, 2.24) is 14.7 Å². The first-order chi connectivity index (χ1) is 8.06. The maximum atomic E-state index is 11.1. The average Bonchev–Trinajstić information content (AvgIpc) is 2.69. The molecule has 1 unspecified atom stereocenters. The number of pyridine rings is 1. The summed E-state index contributed by atoms with van der Waals surface area (Å²) in [7, 11) is 1.79. The molecule has 4 N–H and O–H groups in total. The predicted octanol–water partition coefficient (Wildman–Crippen LogP) is 0.895. The molecule has 2 aromatic rings. The number of hydrogen-bond acceptors (Lipinski definition) is 4. The topological polar surface area (TPSA) is 92.6 Å². The van der Waals surface area contributed by atoms with Gasteiger partial charge < -0.3 is 16.2 Å². The Hall–Kier alpha value is -2.08. The molecule has 6 nitrogen and oxygen atoms in total. The number of carboxylic acids is 1. The van der Waals surface area contributed by atoms with E-state index in [9.17, 15) is 4.79 Å². The van der Waals surface area contributed by atoms with Crippen LogP contribution in [0.15, 0.2) is 18.3 Å². The van der Waals surface area contributed by atoms with Crippen LogP contribution in [-0.2, 0) is 0 Å². The van der Waals surface area contributed by atoms with Crippen molar-refractivity contribution in [2.45, 2.75) is 13.0 Å². The van der Waals surface area contributed by atoms with Crippen molar-refractivity contribution in [2.75, 3.05) is 12.8 Å². The van der Waals surface area contributed by atoms with Crippen molar-refractivity contribution < 1.29 is 9.90 Å². The standard InChI is InChI=1S/C11H14N4O2/c1-6(13-2)10-14-8(11(16)17)9-7(12)4-3-5-15(9)10/h3-6,13H,12H2,1-2H3,(H,16,17). The number of anilines is 1. The van der Waals surface area contributed by atoms with E-state index in [1.165, 1.54) is 0 Å². The zero-order chi connectivity index (χ0) is 12.6. The lowest BCUT2D eigenvalue weighted by Gasteiger charge is -2.08. The summed E-state index contributed by atoms with van der Waals surface area (Å²) in [6, 6.07) is 3.37. The zero-order valence-corrected chi connectivity index (χ0v) is 9.64. The minimum atomic E-state index is -1.07. The van der Waals surface area contributed by atoms with Crippen molar-refractivity contribution in [3.05, 3.63) is 29.8 Å². The lowest BCUT2D eigenvalue weighted by molar-refractivity contribution is 0.0693. The van der Waals surface area contributed by atoms with E-state index in [1.54, 1.807) is 29.8 Å².